The van der Waals surface area contributed by atoms with Crippen LogP contribution in [0, 0.1) is 0 Å². The van der Waals surface area contributed by atoms with Crippen LogP contribution in [0.25, 0.3) is 0 Å². The third kappa shape index (κ3) is 6.40. The van der Waals surface area contributed by atoms with Crippen LogP contribution in [0.2, 0.25) is 0 Å². The SMILES string of the molecule is COc1ccc(CN(C)C(F)C(OCCNc2cc[nH]c2C(=O)O)C(F)F)cc1. The van der Waals surface area contributed by atoms with Crippen LogP contribution in [0.15, 0.2) is 36.5 Å². The zero-order valence-electron chi connectivity index (χ0n) is 16.1. The number of carbonyl (C=O) groups is 1. The number of aromatic amines is 1. The Morgan fingerprint density at radius 1 is 1.24 bits per heavy atom. The first kappa shape index (κ1) is 22.6. The summed E-state index contributed by atoms with van der Waals surface area (Å²) in [7, 11) is 2.92. The lowest BCUT2D eigenvalue weighted by Gasteiger charge is -2.28. The number of rotatable bonds is 12. The van der Waals surface area contributed by atoms with E-state index >= 15 is 0 Å². The molecule has 1 aromatic heterocycles. The molecule has 2 rings (SSSR count). The fourth-order valence-corrected chi connectivity index (χ4v) is 2.70. The van der Waals surface area contributed by atoms with Gasteiger partial charge in [0.2, 0.25) is 0 Å². The second-order valence-electron chi connectivity index (χ2n) is 6.30. The summed E-state index contributed by atoms with van der Waals surface area (Å²) in [5.74, 6) is -0.518. The van der Waals surface area contributed by atoms with E-state index in [4.69, 9.17) is 14.6 Å². The highest BCUT2D eigenvalue weighted by Crippen LogP contribution is 2.20. The fourth-order valence-electron chi connectivity index (χ4n) is 2.70. The maximum Gasteiger partial charge on any atom is 0.354 e. The van der Waals surface area contributed by atoms with Crippen molar-refractivity contribution >= 4 is 11.7 Å². The van der Waals surface area contributed by atoms with Gasteiger partial charge in [-0.2, -0.15) is 0 Å². The van der Waals surface area contributed by atoms with Gasteiger partial charge in [0.25, 0.3) is 6.43 Å². The van der Waals surface area contributed by atoms with Gasteiger partial charge in [-0.25, -0.2) is 18.0 Å². The van der Waals surface area contributed by atoms with Gasteiger partial charge in [0.1, 0.15) is 11.4 Å². The summed E-state index contributed by atoms with van der Waals surface area (Å²) < 4.78 is 51.3. The van der Waals surface area contributed by atoms with Crippen molar-refractivity contribution in [2.45, 2.75) is 25.4 Å². The Kier molecular flexibility index (Phi) is 8.34. The molecule has 29 heavy (non-hydrogen) atoms. The van der Waals surface area contributed by atoms with Gasteiger partial charge in [0.15, 0.2) is 12.4 Å². The summed E-state index contributed by atoms with van der Waals surface area (Å²) in [4.78, 5) is 14.7. The van der Waals surface area contributed by atoms with Crippen molar-refractivity contribution in [2.75, 3.05) is 32.6 Å². The van der Waals surface area contributed by atoms with Crippen molar-refractivity contribution in [3.8, 4) is 5.75 Å². The molecule has 0 aliphatic carbocycles. The Hall–Kier alpha value is -2.72. The summed E-state index contributed by atoms with van der Waals surface area (Å²) >= 11 is 0. The fraction of sp³-hybridized carbons (Fsp3) is 0.421. The molecule has 0 fully saturated rings. The van der Waals surface area contributed by atoms with E-state index in [9.17, 15) is 18.0 Å². The number of anilines is 1. The van der Waals surface area contributed by atoms with Crippen LogP contribution in [-0.2, 0) is 11.3 Å². The standard InChI is InChI=1S/C19H24F3N3O4/c1-25(11-12-3-5-13(28-2)6-4-12)18(22)16(17(20)21)29-10-9-23-14-7-8-24-15(14)19(26)27/h3-8,16-18,23-24H,9-11H2,1-2H3,(H,26,27). The van der Waals surface area contributed by atoms with Gasteiger partial charge >= 0.3 is 5.97 Å². The zero-order chi connectivity index (χ0) is 21.4. The first-order valence-corrected chi connectivity index (χ1v) is 8.85. The molecule has 0 aliphatic rings. The number of benzene rings is 1. The van der Waals surface area contributed by atoms with Gasteiger partial charge in [-0.15, -0.1) is 0 Å². The summed E-state index contributed by atoms with van der Waals surface area (Å²) in [6.07, 6.45) is -5.56. The molecule has 0 radical (unpaired) electrons. The third-order valence-corrected chi connectivity index (χ3v) is 4.22. The minimum absolute atomic E-state index is 0.0380. The maximum atomic E-state index is 14.6. The van der Waals surface area contributed by atoms with E-state index in [0.29, 0.717) is 11.4 Å². The molecule has 1 heterocycles. The summed E-state index contributed by atoms with van der Waals surface area (Å²) in [6.45, 7) is -0.0758. The molecule has 2 atom stereocenters. The monoisotopic (exact) mass is 415 g/mol. The molecule has 0 saturated heterocycles. The number of H-pyrrole nitrogens is 1. The lowest BCUT2D eigenvalue weighted by atomic mass is 10.2. The van der Waals surface area contributed by atoms with E-state index < -0.39 is 24.8 Å². The van der Waals surface area contributed by atoms with E-state index in [1.807, 2.05) is 0 Å². The number of methoxy groups -OCH3 is 1. The normalized spacial score (nSPS) is 13.5. The summed E-state index contributed by atoms with van der Waals surface area (Å²) in [6, 6.07) is 8.35. The van der Waals surface area contributed by atoms with Crippen molar-refractivity contribution in [1.82, 2.24) is 9.88 Å². The summed E-state index contributed by atoms with van der Waals surface area (Å²) in [5.41, 5.74) is 0.973. The zero-order valence-corrected chi connectivity index (χ0v) is 16.1. The molecule has 3 N–H and O–H groups in total. The lowest BCUT2D eigenvalue weighted by molar-refractivity contribution is -0.128. The number of nitrogens with zero attached hydrogens (tertiary/aromatic N) is 1. The second-order valence-corrected chi connectivity index (χ2v) is 6.30. The lowest BCUT2D eigenvalue weighted by Crippen LogP contribution is -2.43. The molecule has 160 valence electrons. The number of aromatic nitrogens is 1. The van der Waals surface area contributed by atoms with Crippen molar-refractivity contribution in [3.05, 3.63) is 47.8 Å². The topological polar surface area (TPSA) is 86.8 Å². The van der Waals surface area contributed by atoms with Gasteiger partial charge < -0.3 is 24.9 Å². The quantitative estimate of drug-likeness (QED) is 0.365. The number of aromatic carboxylic acids is 1. The average molecular weight is 415 g/mol. The minimum atomic E-state index is -3.02. The Balaban J connectivity index is 1.86. The van der Waals surface area contributed by atoms with Crippen LogP contribution in [0.3, 0.4) is 0 Å². The van der Waals surface area contributed by atoms with Crippen LogP contribution >= 0.6 is 0 Å². The molecule has 7 nitrogen and oxygen atoms in total. The number of nitrogens with one attached hydrogen (secondary N) is 2. The third-order valence-electron chi connectivity index (χ3n) is 4.22. The molecule has 0 aliphatic heterocycles. The number of carboxylic acids is 1. The average Bonchev–Trinajstić information content (AvgIpc) is 3.16. The molecule has 0 spiro atoms. The second kappa shape index (κ2) is 10.7. The van der Waals surface area contributed by atoms with Crippen LogP contribution in [-0.4, -0.2) is 67.1 Å². The van der Waals surface area contributed by atoms with E-state index in [1.54, 1.807) is 24.3 Å². The Labute approximate surface area is 166 Å². The molecule has 10 heteroatoms. The van der Waals surface area contributed by atoms with Crippen LogP contribution < -0.4 is 10.1 Å². The van der Waals surface area contributed by atoms with Gasteiger partial charge in [0, 0.05) is 19.3 Å². The van der Waals surface area contributed by atoms with Gasteiger partial charge in [-0.1, -0.05) is 12.1 Å². The van der Waals surface area contributed by atoms with E-state index in [-0.39, 0.29) is 25.4 Å². The Morgan fingerprint density at radius 3 is 2.52 bits per heavy atom. The number of alkyl halides is 3. The van der Waals surface area contributed by atoms with Crippen molar-refractivity contribution in [1.29, 1.82) is 0 Å². The Bertz CT molecular complexity index is 770. The first-order chi connectivity index (χ1) is 13.8. The molecule has 0 bridgehead atoms. The molecule has 1 aromatic carbocycles. The molecule has 0 amide bonds. The first-order valence-electron chi connectivity index (χ1n) is 8.85. The van der Waals surface area contributed by atoms with Crippen LogP contribution in [0.1, 0.15) is 16.1 Å². The van der Waals surface area contributed by atoms with Gasteiger partial charge in [-0.05, 0) is 30.8 Å². The highest BCUT2D eigenvalue weighted by Gasteiger charge is 2.33. The van der Waals surface area contributed by atoms with Gasteiger partial charge in [-0.3, -0.25) is 4.90 Å². The number of halogens is 3. The van der Waals surface area contributed by atoms with E-state index in [0.717, 1.165) is 10.5 Å². The van der Waals surface area contributed by atoms with Crippen LogP contribution in [0.4, 0.5) is 18.9 Å². The van der Waals surface area contributed by atoms with Crippen molar-refractivity contribution < 1.29 is 32.5 Å². The number of carboxylic acid groups (broad SMARTS) is 1. The number of hydrogen-bond acceptors (Lipinski definition) is 5. The number of ether oxygens (including phenoxy) is 2. The minimum Gasteiger partial charge on any atom is -0.497 e. The van der Waals surface area contributed by atoms with Crippen molar-refractivity contribution in [3.63, 3.8) is 0 Å². The predicted molar refractivity (Wildman–Crippen MR) is 101 cm³/mol. The molecule has 2 aromatic rings. The van der Waals surface area contributed by atoms with E-state index in [1.165, 1.54) is 26.4 Å². The molecular weight excluding hydrogens is 391 g/mol. The van der Waals surface area contributed by atoms with E-state index in [2.05, 4.69) is 10.3 Å². The smallest absolute Gasteiger partial charge is 0.354 e. The molecule has 0 saturated carbocycles. The largest absolute Gasteiger partial charge is 0.497 e. The molecule has 2 unspecified atom stereocenters. The van der Waals surface area contributed by atoms with Crippen LogP contribution in [0.5, 0.6) is 5.75 Å². The summed E-state index contributed by atoms with van der Waals surface area (Å²) in [5, 5.41) is 11.8. The van der Waals surface area contributed by atoms with Crippen molar-refractivity contribution in [2.24, 2.45) is 0 Å². The predicted octanol–water partition coefficient (Wildman–Crippen LogP) is 3.21. The Morgan fingerprint density at radius 2 is 1.93 bits per heavy atom. The number of hydrogen-bond donors (Lipinski definition) is 3. The number of likely N-dealkylation sites (N-methyl/N-ethyl adjacent to an activating group) is 1. The highest BCUT2D eigenvalue weighted by atomic mass is 19.3. The van der Waals surface area contributed by atoms with Gasteiger partial charge in [0.05, 0.1) is 19.4 Å². The maximum absolute atomic E-state index is 14.6. The highest BCUT2D eigenvalue weighted by molar-refractivity contribution is 5.92. The molecular formula is C19H24F3N3O4.